The third-order valence-electron chi connectivity index (χ3n) is 5.50. The van der Waals surface area contributed by atoms with Crippen LogP contribution in [0, 0.1) is 0 Å². The van der Waals surface area contributed by atoms with Crippen molar-refractivity contribution in [2.24, 2.45) is 0 Å². The second-order valence-corrected chi connectivity index (χ2v) is 8.83. The van der Waals surface area contributed by atoms with Gasteiger partial charge in [-0.2, -0.15) is 11.3 Å². The lowest BCUT2D eigenvalue weighted by molar-refractivity contribution is -0.127. The van der Waals surface area contributed by atoms with E-state index in [0.717, 1.165) is 24.0 Å². The van der Waals surface area contributed by atoms with Crippen LogP contribution < -0.4 is 5.32 Å². The zero-order valence-corrected chi connectivity index (χ0v) is 18.8. The smallest absolute Gasteiger partial charge is 0.296 e. The Morgan fingerprint density at radius 2 is 1.97 bits per heavy atom. The Morgan fingerprint density at radius 1 is 1.15 bits per heavy atom. The van der Waals surface area contributed by atoms with Gasteiger partial charge in [-0.1, -0.05) is 12.1 Å². The number of likely N-dealkylation sites (tertiary alicyclic amines) is 1. The number of carbonyl (C=O) groups excluding carboxylic acids is 3. The van der Waals surface area contributed by atoms with E-state index in [1.807, 2.05) is 29.0 Å². The summed E-state index contributed by atoms with van der Waals surface area (Å²) in [6, 6.07) is 9.19. The number of aliphatic hydroxyl groups excluding tert-OH is 1. The number of thiophene rings is 1. The summed E-state index contributed by atoms with van der Waals surface area (Å²) in [5.41, 5.74) is 2.50. The van der Waals surface area contributed by atoms with Gasteiger partial charge in [-0.3, -0.25) is 14.4 Å². The molecule has 2 amide bonds. The molecule has 1 atom stereocenters. The lowest BCUT2D eigenvalue weighted by atomic mass is 10.1. The van der Waals surface area contributed by atoms with Crippen LogP contribution in [0.3, 0.4) is 0 Å². The van der Waals surface area contributed by atoms with Crippen molar-refractivity contribution in [1.82, 2.24) is 15.2 Å². The molecule has 1 unspecified atom stereocenters. The fraction of sp³-hybridized carbons (Fsp3) is 0.333. The number of β-amino-alcohol motifs (C(OH)–C–C–N with tert-alkyl or cyclic N) is 1. The predicted molar refractivity (Wildman–Crippen MR) is 123 cm³/mol. The van der Waals surface area contributed by atoms with E-state index in [1.54, 1.807) is 23.5 Å². The summed E-state index contributed by atoms with van der Waals surface area (Å²) in [4.78, 5) is 42.8. The van der Waals surface area contributed by atoms with E-state index >= 15 is 0 Å². The Balaban J connectivity index is 1.34. The van der Waals surface area contributed by atoms with Crippen molar-refractivity contribution in [3.63, 3.8) is 0 Å². The molecular formula is C24H25N3O5S. The monoisotopic (exact) mass is 467 g/mol. The Labute approximate surface area is 195 Å². The van der Waals surface area contributed by atoms with Crippen LogP contribution in [-0.4, -0.2) is 51.8 Å². The average Bonchev–Trinajstić information content (AvgIpc) is 3.47. The third-order valence-corrected chi connectivity index (χ3v) is 6.23. The lowest BCUT2D eigenvalue weighted by Gasteiger charge is -2.20. The molecule has 172 valence electrons. The molecule has 0 aliphatic carbocycles. The number of aliphatic hydroxyl groups is 1. The van der Waals surface area contributed by atoms with E-state index in [0.29, 0.717) is 31.5 Å². The molecule has 33 heavy (non-hydrogen) atoms. The van der Waals surface area contributed by atoms with Gasteiger partial charge >= 0.3 is 0 Å². The predicted octanol–water partition coefficient (Wildman–Crippen LogP) is 2.82. The molecule has 0 bridgehead atoms. The standard InChI is InChI=1S/C24H25N3O5S/c28-19-3-1-2-9-27(13-19)24(31)22(30)20-14-32-23(26-20)18-6-4-16(5-7-18)12-25-21(29)11-17-8-10-33-15-17/h4-8,10,14-15,19,28H,1-3,9,11-13H2,(H,25,29). The zero-order chi connectivity index (χ0) is 23.2. The first-order valence-corrected chi connectivity index (χ1v) is 11.8. The average molecular weight is 468 g/mol. The summed E-state index contributed by atoms with van der Waals surface area (Å²) >= 11 is 1.56. The zero-order valence-electron chi connectivity index (χ0n) is 18.0. The fourth-order valence-corrected chi connectivity index (χ4v) is 4.34. The largest absolute Gasteiger partial charge is 0.444 e. The molecule has 1 aliphatic rings. The van der Waals surface area contributed by atoms with Gasteiger partial charge in [0.15, 0.2) is 5.69 Å². The SMILES string of the molecule is O=C(Cc1ccsc1)NCc1ccc(-c2nc(C(=O)C(=O)N3CCCCC(O)C3)co2)cc1. The van der Waals surface area contributed by atoms with Crippen LogP contribution in [0.1, 0.15) is 40.9 Å². The molecule has 9 heteroatoms. The van der Waals surface area contributed by atoms with Crippen molar-refractivity contribution in [2.45, 2.75) is 38.3 Å². The van der Waals surface area contributed by atoms with E-state index < -0.39 is 17.8 Å². The first-order valence-electron chi connectivity index (χ1n) is 10.8. The number of hydrogen-bond donors (Lipinski definition) is 2. The number of amides is 2. The molecule has 1 aromatic carbocycles. The lowest BCUT2D eigenvalue weighted by Crippen LogP contribution is -2.40. The maximum absolute atomic E-state index is 12.6. The van der Waals surface area contributed by atoms with Crippen LogP contribution >= 0.6 is 11.3 Å². The van der Waals surface area contributed by atoms with Gasteiger partial charge in [-0.05, 0) is 59.3 Å². The first-order chi connectivity index (χ1) is 16.0. The van der Waals surface area contributed by atoms with Gasteiger partial charge in [0.2, 0.25) is 11.8 Å². The van der Waals surface area contributed by atoms with Gasteiger partial charge < -0.3 is 19.7 Å². The topological polar surface area (TPSA) is 113 Å². The normalized spacial score (nSPS) is 16.3. The third kappa shape index (κ3) is 5.94. The number of oxazole rings is 1. The number of ketones is 1. The van der Waals surface area contributed by atoms with Gasteiger partial charge in [0.25, 0.3) is 11.7 Å². The second kappa shape index (κ2) is 10.5. The van der Waals surface area contributed by atoms with Gasteiger partial charge in [0, 0.05) is 25.2 Å². The molecule has 3 aromatic rings. The number of Topliss-reactive ketones (excluding diaryl/α,β-unsaturated/α-hetero) is 1. The van der Waals surface area contributed by atoms with E-state index in [2.05, 4.69) is 10.3 Å². The van der Waals surface area contributed by atoms with Gasteiger partial charge in [-0.25, -0.2) is 4.98 Å². The second-order valence-electron chi connectivity index (χ2n) is 8.05. The van der Waals surface area contributed by atoms with Crippen LogP contribution in [0.25, 0.3) is 11.5 Å². The molecule has 0 spiro atoms. The van der Waals surface area contributed by atoms with Crippen molar-refractivity contribution >= 4 is 28.9 Å². The summed E-state index contributed by atoms with van der Waals surface area (Å²) in [6.07, 6.45) is 3.12. The minimum atomic E-state index is -0.746. The highest BCUT2D eigenvalue weighted by Gasteiger charge is 2.28. The number of nitrogens with one attached hydrogen (secondary N) is 1. The number of carbonyl (C=O) groups is 3. The summed E-state index contributed by atoms with van der Waals surface area (Å²) in [7, 11) is 0. The molecule has 4 rings (SSSR count). The summed E-state index contributed by atoms with van der Waals surface area (Å²) in [5, 5.41) is 16.7. The van der Waals surface area contributed by atoms with E-state index in [-0.39, 0.29) is 24.0 Å². The van der Waals surface area contributed by atoms with Crippen LogP contribution in [0.2, 0.25) is 0 Å². The maximum Gasteiger partial charge on any atom is 0.296 e. The van der Waals surface area contributed by atoms with Crippen LogP contribution in [0.5, 0.6) is 0 Å². The van der Waals surface area contributed by atoms with Crippen LogP contribution in [-0.2, 0) is 22.6 Å². The highest BCUT2D eigenvalue weighted by molar-refractivity contribution is 7.08. The maximum atomic E-state index is 12.6. The Hall–Kier alpha value is -3.30. The van der Waals surface area contributed by atoms with E-state index in [1.165, 1.54) is 11.2 Å². The molecule has 0 radical (unpaired) electrons. The molecule has 3 heterocycles. The minimum Gasteiger partial charge on any atom is -0.444 e. The quantitative estimate of drug-likeness (QED) is 0.408. The minimum absolute atomic E-state index is 0.0464. The molecular weight excluding hydrogens is 442 g/mol. The van der Waals surface area contributed by atoms with Crippen molar-refractivity contribution in [3.05, 3.63) is 64.2 Å². The molecule has 1 fully saturated rings. The Morgan fingerprint density at radius 3 is 2.73 bits per heavy atom. The summed E-state index contributed by atoms with van der Waals surface area (Å²) < 4.78 is 5.43. The summed E-state index contributed by atoms with van der Waals surface area (Å²) in [5.74, 6) is -1.24. The van der Waals surface area contributed by atoms with Crippen molar-refractivity contribution in [3.8, 4) is 11.5 Å². The highest BCUT2D eigenvalue weighted by Crippen LogP contribution is 2.20. The van der Waals surface area contributed by atoms with Gasteiger partial charge in [0.1, 0.15) is 6.26 Å². The first kappa shape index (κ1) is 22.9. The highest BCUT2D eigenvalue weighted by atomic mass is 32.1. The summed E-state index contributed by atoms with van der Waals surface area (Å²) in [6.45, 7) is 0.993. The number of benzene rings is 1. The Bertz CT molecular complexity index is 1110. The number of rotatable bonds is 7. The number of aromatic nitrogens is 1. The Kier molecular flexibility index (Phi) is 7.31. The number of hydrogen-bond acceptors (Lipinski definition) is 7. The molecule has 0 saturated carbocycles. The van der Waals surface area contributed by atoms with Crippen LogP contribution in [0.15, 0.2) is 51.8 Å². The van der Waals surface area contributed by atoms with Crippen molar-refractivity contribution in [2.75, 3.05) is 13.1 Å². The molecule has 2 N–H and O–H groups in total. The molecule has 2 aromatic heterocycles. The van der Waals surface area contributed by atoms with Crippen LogP contribution in [0.4, 0.5) is 0 Å². The van der Waals surface area contributed by atoms with Gasteiger partial charge in [-0.15, -0.1) is 0 Å². The molecule has 1 saturated heterocycles. The van der Waals surface area contributed by atoms with Crippen molar-refractivity contribution < 1.29 is 23.9 Å². The van der Waals surface area contributed by atoms with E-state index in [4.69, 9.17) is 4.42 Å². The molecule has 8 nitrogen and oxygen atoms in total. The van der Waals surface area contributed by atoms with Gasteiger partial charge in [0.05, 0.1) is 12.5 Å². The number of nitrogens with zero attached hydrogens (tertiary/aromatic N) is 2. The van der Waals surface area contributed by atoms with E-state index in [9.17, 15) is 19.5 Å². The van der Waals surface area contributed by atoms with Crippen molar-refractivity contribution in [1.29, 1.82) is 0 Å². The fourth-order valence-electron chi connectivity index (χ4n) is 3.67. The molecule has 1 aliphatic heterocycles.